The minimum absolute atomic E-state index is 0.0375. The predicted octanol–water partition coefficient (Wildman–Crippen LogP) is 3.68. The number of benzene rings is 2. The Balaban J connectivity index is 2.06. The lowest BCUT2D eigenvalue weighted by molar-refractivity contribution is 0.104. The van der Waals surface area contributed by atoms with Gasteiger partial charge in [-0.05, 0) is 29.8 Å². The number of ether oxygens (including phenoxy) is 2. The Bertz CT molecular complexity index is 1030. The maximum absolute atomic E-state index is 12.8. The third kappa shape index (κ3) is 2.98. The first-order valence-corrected chi connectivity index (χ1v) is 7.76. The fourth-order valence-corrected chi connectivity index (χ4v) is 2.72. The van der Waals surface area contributed by atoms with E-state index in [0.29, 0.717) is 11.1 Å². The number of H-pyrrole nitrogens is 1. The molecule has 130 valence electrons. The van der Waals surface area contributed by atoms with E-state index < -0.39 is 5.78 Å². The number of aromatic hydroxyl groups is 1. The summed E-state index contributed by atoms with van der Waals surface area (Å²) in [5.74, 6) is -0.163. The van der Waals surface area contributed by atoms with E-state index in [1.165, 1.54) is 32.4 Å². The summed E-state index contributed by atoms with van der Waals surface area (Å²) in [7, 11) is 2.81. The first-order valence-electron chi connectivity index (χ1n) is 7.76. The van der Waals surface area contributed by atoms with Gasteiger partial charge in [-0.25, -0.2) is 0 Å². The van der Waals surface area contributed by atoms with Crippen molar-refractivity contribution in [2.75, 3.05) is 14.2 Å². The van der Waals surface area contributed by atoms with Crippen LogP contribution in [0.4, 0.5) is 0 Å². The molecule has 0 bridgehead atoms. The van der Waals surface area contributed by atoms with E-state index in [-0.39, 0.29) is 22.8 Å². The van der Waals surface area contributed by atoms with Crippen molar-refractivity contribution < 1.29 is 19.4 Å². The number of methoxy groups -OCH3 is 2. The highest BCUT2D eigenvalue weighted by molar-refractivity contribution is 6.19. The minimum Gasteiger partial charge on any atom is -0.502 e. The molecule has 6 nitrogen and oxygen atoms in total. The molecule has 26 heavy (non-hydrogen) atoms. The third-order valence-corrected chi connectivity index (χ3v) is 4.01. The van der Waals surface area contributed by atoms with Gasteiger partial charge in [0.2, 0.25) is 11.5 Å². The molecule has 0 radical (unpaired) electrons. The second-order valence-electron chi connectivity index (χ2n) is 5.52. The number of Topliss-reactive ketones (excluding diaryl/α,β-unsaturated/α-hetero) is 1. The van der Waals surface area contributed by atoms with Gasteiger partial charge < -0.3 is 19.6 Å². The van der Waals surface area contributed by atoms with Crippen molar-refractivity contribution in [2.45, 2.75) is 0 Å². The molecule has 3 aromatic rings. The molecule has 0 amide bonds. The SMILES string of the molecule is COc1cc(/C=C(\C#N)C(=O)c2c[nH]c3ccccc23)cc(OC)c1O. The lowest BCUT2D eigenvalue weighted by Gasteiger charge is -2.09. The normalized spacial score (nSPS) is 11.2. The van der Waals surface area contributed by atoms with Crippen molar-refractivity contribution in [1.29, 1.82) is 5.26 Å². The van der Waals surface area contributed by atoms with Gasteiger partial charge in [0.25, 0.3) is 0 Å². The number of carbonyl (C=O) groups is 1. The van der Waals surface area contributed by atoms with Crippen LogP contribution in [0.15, 0.2) is 48.2 Å². The van der Waals surface area contributed by atoms with Crippen LogP contribution in [-0.2, 0) is 0 Å². The van der Waals surface area contributed by atoms with Gasteiger partial charge >= 0.3 is 0 Å². The van der Waals surface area contributed by atoms with Crippen LogP contribution in [0.1, 0.15) is 15.9 Å². The number of aromatic amines is 1. The van der Waals surface area contributed by atoms with E-state index in [9.17, 15) is 15.2 Å². The van der Waals surface area contributed by atoms with Crippen molar-refractivity contribution in [1.82, 2.24) is 4.98 Å². The summed E-state index contributed by atoms with van der Waals surface area (Å²) in [6.07, 6.45) is 3.03. The van der Waals surface area contributed by atoms with Crippen LogP contribution in [0, 0.1) is 11.3 Å². The molecule has 0 spiro atoms. The van der Waals surface area contributed by atoms with Gasteiger partial charge in [0.15, 0.2) is 11.5 Å². The minimum atomic E-state index is -0.393. The Morgan fingerprint density at radius 2 is 1.85 bits per heavy atom. The predicted molar refractivity (Wildman–Crippen MR) is 97.4 cm³/mol. The topological polar surface area (TPSA) is 95.3 Å². The van der Waals surface area contributed by atoms with Crippen LogP contribution in [0.2, 0.25) is 0 Å². The molecule has 0 aliphatic carbocycles. The summed E-state index contributed by atoms with van der Waals surface area (Å²) in [6.45, 7) is 0. The number of fused-ring (bicyclic) bond motifs is 1. The Morgan fingerprint density at radius 3 is 2.46 bits per heavy atom. The standard InChI is InChI=1S/C20H16N2O4/c1-25-17-8-12(9-18(26-2)20(17)24)7-13(10-21)19(23)15-11-22-16-6-4-3-5-14(15)16/h3-9,11,22,24H,1-2H3/b13-7+. The Hall–Kier alpha value is -3.72. The Kier molecular flexibility index (Phi) is 4.63. The number of para-hydroxylation sites is 1. The van der Waals surface area contributed by atoms with Gasteiger partial charge in [-0.3, -0.25) is 4.79 Å². The molecule has 2 N–H and O–H groups in total. The van der Waals surface area contributed by atoms with Crippen molar-refractivity contribution in [2.24, 2.45) is 0 Å². The number of allylic oxidation sites excluding steroid dienone is 1. The van der Waals surface area contributed by atoms with Crippen LogP contribution >= 0.6 is 0 Å². The van der Waals surface area contributed by atoms with Crippen LogP contribution in [-0.4, -0.2) is 30.1 Å². The number of ketones is 1. The quantitative estimate of drug-likeness (QED) is 0.417. The van der Waals surface area contributed by atoms with E-state index in [1.54, 1.807) is 6.20 Å². The molecule has 0 aliphatic rings. The molecule has 3 rings (SSSR count). The second-order valence-corrected chi connectivity index (χ2v) is 5.52. The highest BCUT2D eigenvalue weighted by Crippen LogP contribution is 2.37. The van der Waals surface area contributed by atoms with E-state index >= 15 is 0 Å². The summed E-state index contributed by atoms with van der Waals surface area (Å²) in [6, 6.07) is 12.4. The first-order chi connectivity index (χ1) is 12.6. The van der Waals surface area contributed by atoms with Crippen molar-refractivity contribution in [3.63, 3.8) is 0 Å². The molecule has 1 aromatic heterocycles. The summed E-state index contributed by atoms with van der Waals surface area (Å²) in [5.41, 5.74) is 1.71. The molecule has 0 atom stereocenters. The molecule has 1 heterocycles. The number of aromatic nitrogens is 1. The maximum atomic E-state index is 12.8. The number of phenols is 1. The molecule has 0 unspecified atom stereocenters. The number of nitrogens with zero attached hydrogens (tertiary/aromatic N) is 1. The fourth-order valence-electron chi connectivity index (χ4n) is 2.72. The molecule has 0 saturated carbocycles. The highest BCUT2D eigenvalue weighted by Gasteiger charge is 2.17. The number of phenolic OH excluding ortho intramolecular Hbond substituents is 1. The number of carbonyl (C=O) groups excluding carboxylic acids is 1. The smallest absolute Gasteiger partial charge is 0.205 e. The average molecular weight is 348 g/mol. The number of hydrogen-bond donors (Lipinski definition) is 2. The lowest BCUT2D eigenvalue weighted by Crippen LogP contribution is -2.01. The zero-order chi connectivity index (χ0) is 18.7. The largest absolute Gasteiger partial charge is 0.502 e. The van der Waals surface area contributed by atoms with Crippen LogP contribution in [0.5, 0.6) is 17.2 Å². The fraction of sp³-hybridized carbons (Fsp3) is 0.100. The van der Waals surface area contributed by atoms with Gasteiger partial charge in [0, 0.05) is 22.7 Å². The van der Waals surface area contributed by atoms with E-state index in [2.05, 4.69) is 4.98 Å². The van der Waals surface area contributed by atoms with Gasteiger partial charge in [0.05, 0.1) is 14.2 Å². The second kappa shape index (κ2) is 7.03. The first kappa shape index (κ1) is 17.1. The summed E-state index contributed by atoms with van der Waals surface area (Å²) in [5, 5.41) is 20.2. The van der Waals surface area contributed by atoms with Crippen molar-refractivity contribution in [3.8, 4) is 23.3 Å². The number of nitriles is 1. The molecule has 6 heteroatoms. The monoisotopic (exact) mass is 348 g/mol. The van der Waals surface area contributed by atoms with Gasteiger partial charge in [-0.2, -0.15) is 5.26 Å². The van der Waals surface area contributed by atoms with Crippen LogP contribution in [0.25, 0.3) is 17.0 Å². The van der Waals surface area contributed by atoms with E-state index in [0.717, 1.165) is 10.9 Å². The number of nitrogens with one attached hydrogen (secondary N) is 1. The summed E-state index contributed by atoms with van der Waals surface area (Å²) < 4.78 is 10.2. The molecular formula is C20H16N2O4. The average Bonchev–Trinajstić information content (AvgIpc) is 3.10. The van der Waals surface area contributed by atoms with Crippen molar-refractivity contribution >= 4 is 22.8 Å². The molecule has 0 saturated heterocycles. The molecule has 0 fully saturated rings. The Labute approximate surface area is 149 Å². The Morgan fingerprint density at radius 1 is 1.19 bits per heavy atom. The number of rotatable bonds is 5. The highest BCUT2D eigenvalue weighted by atomic mass is 16.5. The molecule has 0 aliphatic heterocycles. The van der Waals surface area contributed by atoms with Gasteiger partial charge in [-0.15, -0.1) is 0 Å². The summed E-state index contributed by atoms with van der Waals surface area (Å²) >= 11 is 0. The van der Waals surface area contributed by atoms with Crippen LogP contribution < -0.4 is 9.47 Å². The van der Waals surface area contributed by atoms with E-state index in [1.807, 2.05) is 30.3 Å². The molecule has 2 aromatic carbocycles. The van der Waals surface area contributed by atoms with E-state index in [4.69, 9.17) is 9.47 Å². The molecular weight excluding hydrogens is 332 g/mol. The summed E-state index contributed by atoms with van der Waals surface area (Å²) in [4.78, 5) is 15.8. The number of hydrogen-bond acceptors (Lipinski definition) is 5. The zero-order valence-corrected chi connectivity index (χ0v) is 14.2. The maximum Gasteiger partial charge on any atom is 0.205 e. The zero-order valence-electron chi connectivity index (χ0n) is 14.2. The van der Waals surface area contributed by atoms with Crippen molar-refractivity contribution in [3.05, 3.63) is 59.3 Å². The van der Waals surface area contributed by atoms with Gasteiger partial charge in [0.1, 0.15) is 11.6 Å². The van der Waals surface area contributed by atoms with Gasteiger partial charge in [-0.1, -0.05) is 18.2 Å². The third-order valence-electron chi connectivity index (χ3n) is 4.01. The van der Waals surface area contributed by atoms with Crippen LogP contribution in [0.3, 0.4) is 0 Å². The lowest BCUT2D eigenvalue weighted by atomic mass is 10.0.